The van der Waals surface area contributed by atoms with Gasteiger partial charge >= 0.3 is 0 Å². The normalized spacial score (nSPS) is 14.3. The second-order valence-corrected chi connectivity index (χ2v) is 7.03. The molecule has 9 heteroatoms. The molecule has 2 aromatic carbocycles. The Balaban J connectivity index is 1.55. The first kappa shape index (κ1) is 19.1. The molecule has 3 rings (SSSR count). The summed E-state index contributed by atoms with van der Waals surface area (Å²) in [4.78, 5) is 27.2. The van der Waals surface area contributed by atoms with Crippen molar-refractivity contribution in [2.45, 2.75) is 4.90 Å². The Morgan fingerprint density at radius 2 is 1.78 bits per heavy atom. The third-order valence-corrected chi connectivity index (χ3v) is 5.28. The fourth-order valence-corrected chi connectivity index (χ4v) is 3.71. The van der Waals surface area contributed by atoms with Crippen LogP contribution in [0.2, 0.25) is 0 Å². The van der Waals surface area contributed by atoms with Crippen molar-refractivity contribution in [3.05, 3.63) is 64.2 Å². The van der Waals surface area contributed by atoms with Crippen molar-refractivity contribution in [1.82, 2.24) is 4.90 Å². The van der Waals surface area contributed by atoms with Crippen LogP contribution < -0.4 is 4.90 Å². The molecule has 27 heavy (non-hydrogen) atoms. The third-order valence-electron chi connectivity index (χ3n) is 4.30. The summed E-state index contributed by atoms with van der Waals surface area (Å²) in [5.41, 5.74) is 0.594. The molecule has 1 amide bonds. The van der Waals surface area contributed by atoms with E-state index in [9.17, 15) is 23.7 Å². The molecule has 0 bridgehead atoms. The molecule has 0 aromatic heterocycles. The molecule has 2 aromatic rings. The summed E-state index contributed by atoms with van der Waals surface area (Å²) in [7, 11) is 0. The highest BCUT2D eigenvalue weighted by Crippen LogP contribution is 2.28. The monoisotopic (exact) mass is 393 g/mol. The van der Waals surface area contributed by atoms with Crippen LogP contribution in [0.3, 0.4) is 0 Å². The van der Waals surface area contributed by atoms with E-state index in [0.29, 0.717) is 36.8 Å². The van der Waals surface area contributed by atoms with Gasteiger partial charge in [0.2, 0.25) is 5.91 Å². The van der Waals surface area contributed by atoms with Gasteiger partial charge in [0.1, 0.15) is 5.69 Å². The summed E-state index contributed by atoms with van der Waals surface area (Å²) in [5, 5.41) is 11.2. The number of para-hydroxylation sites is 2. The van der Waals surface area contributed by atoms with Crippen LogP contribution in [0.5, 0.6) is 0 Å². The van der Waals surface area contributed by atoms with Crippen molar-refractivity contribution >= 4 is 29.0 Å². The average molecular weight is 393 g/mol. The maximum Gasteiger partial charge on any atom is 0.292 e. The lowest BCUT2D eigenvalue weighted by atomic mass is 10.2. The van der Waals surface area contributed by atoms with Crippen molar-refractivity contribution in [1.29, 1.82) is 0 Å². The van der Waals surface area contributed by atoms with E-state index in [1.807, 2.05) is 4.90 Å². The van der Waals surface area contributed by atoms with Crippen molar-refractivity contribution in [2.75, 3.05) is 36.8 Å². The lowest BCUT2D eigenvalue weighted by molar-refractivity contribution is -0.384. The molecule has 0 unspecified atom stereocenters. The van der Waals surface area contributed by atoms with Gasteiger partial charge < -0.3 is 9.80 Å². The van der Waals surface area contributed by atoms with Crippen LogP contribution in [-0.4, -0.2) is 47.7 Å². The molecule has 0 N–H and O–H groups in total. The number of nitro groups is 1. The highest BCUT2D eigenvalue weighted by atomic mass is 32.2. The number of halogens is 2. The molecular weight excluding hydrogens is 376 g/mol. The third kappa shape index (κ3) is 4.54. The van der Waals surface area contributed by atoms with E-state index < -0.39 is 16.6 Å². The smallest absolute Gasteiger partial charge is 0.292 e. The molecule has 0 spiro atoms. The number of rotatable bonds is 5. The highest BCUT2D eigenvalue weighted by molar-refractivity contribution is 8.00. The molecular formula is C18H17F2N3O3S. The standard InChI is InChI=1S/C18H17F2N3O3S/c19-14-6-5-13(11-15(14)20)27-12-18(24)22-9-7-21(8-10-22)16-3-1-2-4-17(16)23(25)26/h1-6,11H,7-10,12H2. The van der Waals surface area contributed by atoms with Gasteiger partial charge in [-0.2, -0.15) is 0 Å². The van der Waals surface area contributed by atoms with Crippen LogP contribution >= 0.6 is 11.8 Å². The minimum absolute atomic E-state index is 0.0474. The number of amides is 1. The van der Waals surface area contributed by atoms with Gasteiger partial charge in [0.25, 0.3) is 5.69 Å². The number of carbonyl (C=O) groups excluding carboxylic acids is 1. The Bertz CT molecular complexity index is 857. The molecule has 6 nitrogen and oxygen atoms in total. The summed E-state index contributed by atoms with van der Waals surface area (Å²) in [6.45, 7) is 1.88. The quantitative estimate of drug-likeness (QED) is 0.443. The number of nitrogens with zero attached hydrogens (tertiary/aromatic N) is 3. The van der Waals surface area contributed by atoms with Gasteiger partial charge in [-0.05, 0) is 24.3 Å². The highest BCUT2D eigenvalue weighted by Gasteiger charge is 2.25. The van der Waals surface area contributed by atoms with Gasteiger partial charge in [-0.3, -0.25) is 14.9 Å². The molecule has 1 fully saturated rings. The van der Waals surface area contributed by atoms with Gasteiger partial charge in [0, 0.05) is 37.1 Å². The first-order valence-corrected chi connectivity index (χ1v) is 9.28. The van der Waals surface area contributed by atoms with Crippen LogP contribution in [-0.2, 0) is 4.79 Å². The minimum Gasteiger partial charge on any atom is -0.362 e. The molecule has 1 aliphatic heterocycles. The Morgan fingerprint density at radius 3 is 2.44 bits per heavy atom. The summed E-state index contributed by atoms with van der Waals surface area (Å²) in [6.07, 6.45) is 0. The van der Waals surface area contributed by atoms with E-state index in [1.54, 1.807) is 23.1 Å². The second-order valence-electron chi connectivity index (χ2n) is 5.98. The number of nitro benzene ring substituents is 1. The van der Waals surface area contributed by atoms with Crippen molar-refractivity contribution in [3.8, 4) is 0 Å². The number of piperazine rings is 1. The topological polar surface area (TPSA) is 66.7 Å². The van der Waals surface area contributed by atoms with Gasteiger partial charge in [-0.25, -0.2) is 8.78 Å². The van der Waals surface area contributed by atoms with Crippen molar-refractivity contribution in [2.24, 2.45) is 0 Å². The van der Waals surface area contributed by atoms with Crippen molar-refractivity contribution < 1.29 is 18.5 Å². The zero-order chi connectivity index (χ0) is 19.4. The predicted octanol–water partition coefficient (Wildman–Crippen LogP) is 3.31. The first-order valence-electron chi connectivity index (χ1n) is 8.29. The fraction of sp³-hybridized carbons (Fsp3) is 0.278. The SMILES string of the molecule is O=C(CSc1ccc(F)c(F)c1)N1CCN(c2ccccc2[N+](=O)[O-])CC1. The van der Waals surface area contributed by atoms with Crippen LogP contribution in [0.15, 0.2) is 47.4 Å². The van der Waals surface area contributed by atoms with E-state index in [0.717, 1.165) is 23.9 Å². The second kappa shape index (κ2) is 8.34. The van der Waals surface area contributed by atoms with Crippen LogP contribution in [0.4, 0.5) is 20.2 Å². The molecule has 0 saturated carbocycles. The van der Waals surface area contributed by atoms with Crippen LogP contribution in [0.1, 0.15) is 0 Å². The minimum atomic E-state index is -0.939. The lowest BCUT2D eigenvalue weighted by Gasteiger charge is -2.35. The van der Waals surface area contributed by atoms with Crippen LogP contribution in [0, 0.1) is 21.7 Å². The summed E-state index contributed by atoms with van der Waals surface area (Å²) >= 11 is 1.15. The van der Waals surface area contributed by atoms with Gasteiger partial charge in [-0.15, -0.1) is 11.8 Å². The number of hydrogen-bond acceptors (Lipinski definition) is 5. The lowest BCUT2D eigenvalue weighted by Crippen LogP contribution is -2.49. The summed E-state index contributed by atoms with van der Waals surface area (Å²) in [5.74, 6) is -1.84. The largest absolute Gasteiger partial charge is 0.362 e. The first-order chi connectivity index (χ1) is 13.0. The Labute approximate surface area is 158 Å². The van der Waals surface area contributed by atoms with E-state index in [4.69, 9.17) is 0 Å². The Kier molecular flexibility index (Phi) is 5.90. The average Bonchev–Trinajstić information content (AvgIpc) is 2.68. The molecule has 0 aliphatic carbocycles. The molecule has 1 aliphatic rings. The summed E-state index contributed by atoms with van der Waals surface area (Å²) < 4.78 is 26.2. The zero-order valence-electron chi connectivity index (χ0n) is 14.3. The maximum atomic E-state index is 13.2. The van der Waals surface area contributed by atoms with E-state index in [-0.39, 0.29) is 17.3 Å². The van der Waals surface area contributed by atoms with E-state index in [2.05, 4.69) is 0 Å². The number of anilines is 1. The number of hydrogen-bond donors (Lipinski definition) is 0. The van der Waals surface area contributed by atoms with Gasteiger partial charge in [0.05, 0.1) is 10.7 Å². The summed E-state index contributed by atoms with van der Waals surface area (Å²) in [6, 6.07) is 10.1. The number of benzene rings is 2. The van der Waals surface area contributed by atoms with Crippen LogP contribution in [0.25, 0.3) is 0 Å². The molecule has 0 atom stereocenters. The number of thioether (sulfide) groups is 1. The molecule has 1 heterocycles. The van der Waals surface area contributed by atoms with E-state index >= 15 is 0 Å². The molecule has 0 radical (unpaired) electrons. The Hall–Kier alpha value is -2.68. The Morgan fingerprint density at radius 1 is 1.07 bits per heavy atom. The zero-order valence-corrected chi connectivity index (χ0v) is 15.1. The maximum absolute atomic E-state index is 13.2. The van der Waals surface area contributed by atoms with E-state index in [1.165, 1.54) is 12.1 Å². The molecule has 1 saturated heterocycles. The van der Waals surface area contributed by atoms with Gasteiger partial charge in [0.15, 0.2) is 11.6 Å². The predicted molar refractivity (Wildman–Crippen MR) is 99.0 cm³/mol. The van der Waals surface area contributed by atoms with Gasteiger partial charge in [-0.1, -0.05) is 12.1 Å². The number of carbonyl (C=O) groups is 1. The van der Waals surface area contributed by atoms with Crippen molar-refractivity contribution in [3.63, 3.8) is 0 Å². The fourth-order valence-electron chi connectivity index (χ4n) is 2.89. The molecule has 142 valence electrons.